The number of nitrogens with two attached hydrogens (primary N) is 1. The molecular formula is C15H29N3. The maximum Gasteiger partial charge on any atom is 0.0238 e. The molecule has 0 aromatic heterocycles. The molecule has 2 saturated heterocycles. The van der Waals surface area contributed by atoms with Gasteiger partial charge in [0.1, 0.15) is 0 Å². The molecule has 0 radical (unpaired) electrons. The summed E-state index contributed by atoms with van der Waals surface area (Å²) in [6.45, 7) is 8.51. The molecule has 4 atom stereocenters. The lowest BCUT2D eigenvalue weighted by Gasteiger charge is -2.39. The van der Waals surface area contributed by atoms with Crippen molar-refractivity contribution in [1.82, 2.24) is 9.80 Å². The Labute approximate surface area is 112 Å². The Bertz CT molecular complexity index is 287. The van der Waals surface area contributed by atoms with E-state index < -0.39 is 0 Å². The molecular weight excluding hydrogens is 222 g/mol. The van der Waals surface area contributed by atoms with E-state index in [4.69, 9.17) is 5.73 Å². The summed E-state index contributed by atoms with van der Waals surface area (Å²) in [5.74, 6) is 0.726. The Morgan fingerprint density at radius 3 is 2.56 bits per heavy atom. The van der Waals surface area contributed by atoms with Crippen LogP contribution in [-0.4, -0.2) is 53.6 Å². The fourth-order valence-electron chi connectivity index (χ4n) is 4.05. The van der Waals surface area contributed by atoms with Crippen LogP contribution in [0.5, 0.6) is 0 Å². The molecule has 2 aliphatic heterocycles. The first-order valence-corrected chi connectivity index (χ1v) is 7.94. The Balaban J connectivity index is 1.58. The average molecular weight is 251 g/mol. The van der Waals surface area contributed by atoms with E-state index in [1.807, 2.05) is 0 Å². The van der Waals surface area contributed by atoms with Gasteiger partial charge in [-0.25, -0.2) is 0 Å². The number of likely N-dealkylation sites (tertiary alicyclic amines) is 2. The third-order valence-corrected chi connectivity index (χ3v) is 5.48. The molecule has 1 saturated carbocycles. The molecule has 0 spiro atoms. The normalized spacial score (nSPS) is 43.5. The molecule has 18 heavy (non-hydrogen) atoms. The molecule has 3 fully saturated rings. The van der Waals surface area contributed by atoms with Crippen LogP contribution in [-0.2, 0) is 0 Å². The second-order valence-electron chi connectivity index (χ2n) is 6.78. The lowest BCUT2D eigenvalue weighted by molar-refractivity contribution is 0.107. The summed E-state index contributed by atoms with van der Waals surface area (Å²) in [5.41, 5.74) is 6.23. The molecule has 104 valence electrons. The van der Waals surface area contributed by atoms with Gasteiger partial charge in [-0.05, 0) is 45.1 Å². The van der Waals surface area contributed by atoms with Gasteiger partial charge in [0, 0.05) is 37.3 Å². The van der Waals surface area contributed by atoms with Gasteiger partial charge in [0.2, 0.25) is 0 Å². The van der Waals surface area contributed by atoms with Crippen molar-refractivity contribution in [2.45, 2.75) is 70.1 Å². The van der Waals surface area contributed by atoms with Crippen molar-refractivity contribution in [1.29, 1.82) is 0 Å². The fourth-order valence-corrected chi connectivity index (χ4v) is 4.05. The molecule has 0 aromatic rings. The Kier molecular flexibility index (Phi) is 3.65. The van der Waals surface area contributed by atoms with Crippen LogP contribution >= 0.6 is 0 Å². The summed E-state index contributed by atoms with van der Waals surface area (Å²) < 4.78 is 0. The predicted octanol–water partition coefficient (Wildman–Crippen LogP) is 1.67. The van der Waals surface area contributed by atoms with Crippen LogP contribution < -0.4 is 5.73 Å². The summed E-state index contributed by atoms with van der Waals surface area (Å²) in [4.78, 5) is 5.51. The van der Waals surface area contributed by atoms with Crippen molar-refractivity contribution in [3.63, 3.8) is 0 Å². The third kappa shape index (κ3) is 2.45. The highest BCUT2D eigenvalue weighted by Gasteiger charge is 2.41. The summed E-state index contributed by atoms with van der Waals surface area (Å²) in [5, 5.41) is 0. The Morgan fingerprint density at radius 1 is 1.11 bits per heavy atom. The SMILES string of the molecule is CCC1CN(C2CC(C)N(C3CC3)C2)CCC1N. The third-order valence-electron chi connectivity index (χ3n) is 5.48. The zero-order valence-electron chi connectivity index (χ0n) is 12.0. The first-order chi connectivity index (χ1) is 8.69. The fraction of sp³-hybridized carbons (Fsp3) is 1.00. The Hall–Kier alpha value is -0.120. The van der Waals surface area contributed by atoms with Crippen LogP contribution in [0.3, 0.4) is 0 Å². The highest BCUT2D eigenvalue weighted by atomic mass is 15.3. The maximum absolute atomic E-state index is 6.23. The highest BCUT2D eigenvalue weighted by Crippen LogP contribution is 2.35. The molecule has 4 unspecified atom stereocenters. The van der Waals surface area contributed by atoms with E-state index >= 15 is 0 Å². The van der Waals surface area contributed by atoms with Crippen LogP contribution in [0.4, 0.5) is 0 Å². The molecule has 3 heteroatoms. The van der Waals surface area contributed by atoms with Crippen LogP contribution in [0.1, 0.15) is 46.0 Å². The van der Waals surface area contributed by atoms with E-state index in [2.05, 4.69) is 23.6 Å². The van der Waals surface area contributed by atoms with Gasteiger partial charge in [0.15, 0.2) is 0 Å². The van der Waals surface area contributed by atoms with Gasteiger partial charge in [0.05, 0.1) is 0 Å². The monoisotopic (exact) mass is 251 g/mol. The molecule has 3 nitrogen and oxygen atoms in total. The van der Waals surface area contributed by atoms with Gasteiger partial charge in [-0.3, -0.25) is 9.80 Å². The van der Waals surface area contributed by atoms with Crippen molar-refractivity contribution >= 4 is 0 Å². The van der Waals surface area contributed by atoms with E-state index in [1.54, 1.807) is 0 Å². The van der Waals surface area contributed by atoms with E-state index in [-0.39, 0.29) is 0 Å². The lowest BCUT2D eigenvalue weighted by atomic mass is 9.89. The first-order valence-electron chi connectivity index (χ1n) is 7.94. The molecule has 3 aliphatic rings. The Morgan fingerprint density at radius 2 is 1.89 bits per heavy atom. The van der Waals surface area contributed by atoms with Gasteiger partial charge in [-0.2, -0.15) is 0 Å². The van der Waals surface area contributed by atoms with Crippen molar-refractivity contribution in [2.24, 2.45) is 11.7 Å². The second-order valence-corrected chi connectivity index (χ2v) is 6.78. The largest absolute Gasteiger partial charge is 0.327 e. The minimum absolute atomic E-state index is 0.449. The molecule has 2 heterocycles. The average Bonchev–Trinajstić information content (AvgIpc) is 3.13. The predicted molar refractivity (Wildman–Crippen MR) is 75.5 cm³/mol. The van der Waals surface area contributed by atoms with Crippen molar-refractivity contribution in [2.75, 3.05) is 19.6 Å². The smallest absolute Gasteiger partial charge is 0.0238 e. The molecule has 0 amide bonds. The number of hydrogen-bond acceptors (Lipinski definition) is 3. The van der Waals surface area contributed by atoms with Crippen LogP contribution in [0.15, 0.2) is 0 Å². The van der Waals surface area contributed by atoms with E-state index in [0.29, 0.717) is 6.04 Å². The number of rotatable bonds is 3. The van der Waals surface area contributed by atoms with Crippen molar-refractivity contribution in [3.8, 4) is 0 Å². The van der Waals surface area contributed by atoms with E-state index in [1.165, 1.54) is 51.7 Å². The summed E-state index contributed by atoms with van der Waals surface area (Å²) in [7, 11) is 0. The van der Waals surface area contributed by atoms with Crippen LogP contribution in [0, 0.1) is 5.92 Å². The zero-order valence-corrected chi connectivity index (χ0v) is 12.0. The van der Waals surface area contributed by atoms with Gasteiger partial charge in [-0.1, -0.05) is 13.3 Å². The maximum atomic E-state index is 6.23. The summed E-state index contributed by atoms with van der Waals surface area (Å²) in [6.07, 6.45) is 6.71. The molecule has 1 aliphatic carbocycles. The summed E-state index contributed by atoms with van der Waals surface area (Å²) >= 11 is 0. The number of hydrogen-bond donors (Lipinski definition) is 1. The molecule has 2 N–H and O–H groups in total. The van der Waals surface area contributed by atoms with Gasteiger partial charge in [0.25, 0.3) is 0 Å². The highest BCUT2D eigenvalue weighted by molar-refractivity contribution is 4.98. The van der Waals surface area contributed by atoms with Crippen LogP contribution in [0.25, 0.3) is 0 Å². The van der Waals surface area contributed by atoms with Gasteiger partial charge >= 0.3 is 0 Å². The zero-order chi connectivity index (χ0) is 12.7. The number of nitrogens with zero attached hydrogens (tertiary/aromatic N) is 2. The van der Waals surface area contributed by atoms with Crippen LogP contribution in [0.2, 0.25) is 0 Å². The van der Waals surface area contributed by atoms with Crippen molar-refractivity contribution < 1.29 is 0 Å². The molecule has 0 aromatic carbocycles. The van der Waals surface area contributed by atoms with E-state index in [9.17, 15) is 0 Å². The lowest BCUT2D eigenvalue weighted by Crippen LogP contribution is -2.51. The summed E-state index contributed by atoms with van der Waals surface area (Å²) in [6, 6.07) is 2.99. The number of piperidine rings is 1. The molecule has 0 bridgehead atoms. The quantitative estimate of drug-likeness (QED) is 0.828. The van der Waals surface area contributed by atoms with Gasteiger partial charge in [-0.15, -0.1) is 0 Å². The topological polar surface area (TPSA) is 32.5 Å². The minimum atomic E-state index is 0.449. The molecule has 3 rings (SSSR count). The van der Waals surface area contributed by atoms with Crippen molar-refractivity contribution in [3.05, 3.63) is 0 Å². The minimum Gasteiger partial charge on any atom is -0.327 e. The standard InChI is InChI=1S/C15H29N3/c1-3-12-9-17(7-6-15(12)16)14-8-11(2)18(10-14)13-4-5-13/h11-15H,3-10,16H2,1-2H3. The van der Waals surface area contributed by atoms with Gasteiger partial charge < -0.3 is 5.73 Å². The first kappa shape index (κ1) is 12.9. The second kappa shape index (κ2) is 5.10. The van der Waals surface area contributed by atoms with E-state index in [0.717, 1.165) is 24.0 Å².